The second-order valence-electron chi connectivity index (χ2n) is 8.07. The smallest absolute Gasteiger partial charge is 0.242 e. The van der Waals surface area contributed by atoms with Crippen molar-refractivity contribution in [3.63, 3.8) is 0 Å². The van der Waals surface area contributed by atoms with Gasteiger partial charge >= 0.3 is 0 Å². The van der Waals surface area contributed by atoms with E-state index in [-0.39, 0.29) is 29.7 Å². The van der Waals surface area contributed by atoms with Crippen LogP contribution in [0.2, 0.25) is 0 Å². The summed E-state index contributed by atoms with van der Waals surface area (Å²) in [6.45, 7) is 6.75. The van der Waals surface area contributed by atoms with Crippen molar-refractivity contribution in [1.82, 2.24) is 14.5 Å². The Bertz CT molecular complexity index is 1010. The molecular weight excluding hydrogens is 438 g/mol. The number of carbonyl (C=O) groups excluding carboxylic acids is 2. The fourth-order valence-electron chi connectivity index (χ4n) is 3.59. The maximum Gasteiger partial charge on any atom is 0.242 e. The topological polar surface area (TPSA) is 86.8 Å². The zero-order valence-corrected chi connectivity index (χ0v) is 20.8. The minimum atomic E-state index is -3.61. The zero-order valence-electron chi connectivity index (χ0n) is 20.0. The molecule has 180 valence electrons. The van der Waals surface area contributed by atoms with Gasteiger partial charge in [0, 0.05) is 33.1 Å². The molecule has 8 heteroatoms. The molecule has 0 aromatic heterocycles. The van der Waals surface area contributed by atoms with Crippen LogP contribution in [0, 0.1) is 6.92 Å². The first-order chi connectivity index (χ1) is 15.7. The molecule has 7 nitrogen and oxygen atoms in total. The molecular formula is C25H35N3O4S. The SMILES string of the molecule is CCNC(=O)C(CC)N(Cc1ccc(C)cc1)C(=O)CCCN(C)S(=O)(=O)c1ccccc1. The van der Waals surface area contributed by atoms with Crippen molar-refractivity contribution in [2.45, 2.75) is 57.5 Å². The van der Waals surface area contributed by atoms with Crippen LogP contribution in [0.1, 0.15) is 44.2 Å². The van der Waals surface area contributed by atoms with Gasteiger partial charge in [0.2, 0.25) is 21.8 Å². The van der Waals surface area contributed by atoms with E-state index < -0.39 is 16.1 Å². The Labute approximate surface area is 197 Å². The number of nitrogens with zero attached hydrogens (tertiary/aromatic N) is 2. The zero-order chi connectivity index (χ0) is 24.4. The second kappa shape index (κ2) is 12.5. The van der Waals surface area contributed by atoms with E-state index in [1.54, 1.807) is 35.2 Å². The normalized spacial score (nSPS) is 12.4. The Morgan fingerprint density at radius 3 is 2.21 bits per heavy atom. The summed E-state index contributed by atoms with van der Waals surface area (Å²) in [4.78, 5) is 27.7. The number of likely N-dealkylation sites (N-methyl/N-ethyl adjacent to an activating group) is 1. The number of aryl methyl sites for hydroxylation is 1. The Balaban J connectivity index is 2.10. The van der Waals surface area contributed by atoms with Crippen LogP contribution < -0.4 is 5.32 Å². The predicted octanol–water partition coefficient (Wildman–Crippen LogP) is 3.34. The van der Waals surface area contributed by atoms with E-state index in [0.717, 1.165) is 11.1 Å². The fraction of sp³-hybridized carbons (Fsp3) is 0.440. The third-order valence-electron chi connectivity index (χ3n) is 5.53. The quantitative estimate of drug-likeness (QED) is 0.512. The molecule has 0 spiro atoms. The molecule has 0 bridgehead atoms. The summed E-state index contributed by atoms with van der Waals surface area (Å²) < 4.78 is 26.7. The molecule has 2 rings (SSSR count). The van der Waals surface area contributed by atoms with E-state index in [2.05, 4.69) is 5.32 Å². The van der Waals surface area contributed by atoms with Crippen LogP contribution in [-0.4, -0.2) is 55.6 Å². The highest BCUT2D eigenvalue weighted by molar-refractivity contribution is 7.89. The van der Waals surface area contributed by atoms with Gasteiger partial charge in [-0.05, 0) is 44.4 Å². The van der Waals surface area contributed by atoms with E-state index in [1.807, 2.05) is 45.0 Å². The minimum Gasteiger partial charge on any atom is -0.355 e. The molecule has 1 unspecified atom stereocenters. The first-order valence-electron chi connectivity index (χ1n) is 11.3. The predicted molar refractivity (Wildman–Crippen MR) is 130 cm³/mol. The number of carbonyl (C=O) groups is 2. The highest BCUT2D eigenvalue weighted by Crippen LogP contribution is 2.17. The molecule has 0 aliphatic carbocycles. The van der Waals surface area contributed by atoms with E-state index in [1.165, 1.54) is 11.4 Å². The van der Waals surface area contributed by atoms with Crippen LogP contribution in [0.15, 0.2) is 59.5 Å². The van der Waals surface area contributed by atoms with Gasteiger partial charge in [0.05, 0.1) is 4.90 Å². The molecule has 2 amide bonds. The number of nitrogens with one attached hydrogen (secondary N) is 1. The van der Waals surface area contributed by atoms with Crippen molar-refractivity contribution in [3.05, 3.63) is 65.7 Å². The lowest BCUT2D eigenvalue weighted by atomic mass is 10.1. The van der Waals surface area contributed by atoms with Crippen molar-refractivity contribution >= 4 is 21.8 Å². The van der Waals surface area contributed by atoms with E-state index in [9.17, 15) is 18.0 Å². The van der Waals surface area contributed by atoms with Crippen LogP contribution in [0.4, 0.5) is 0 Å². The number of rotatable bonds is 12. The number of sulfonamides is 1. The van der Waals surface area contributed by atoms with Gasteiger partial charge in [0.25, 0.3) is 0 Å². The number of amides is 2. The second-order valence-corrected chi connectivity index (χ2v) is 10.1. The Hall–Kier alpha value is -2.71. The number of hydrogen-bond donors (Lipinski definition) is 1. The van der Waals surface area contributed by atoms with Crippen molar-refractivity contribution < 1.29 is 18.0 Å². The van der Waals surface area contributed by atoms with E-state index >= 15 is 0 Å². The van der Waals surface area contributed by atoms with E-state index in [4.69, 9.17) is 0 Å². The molecule has 0 aliphatic rings. The summed E-state index contributed by atoms with van der Waals surface area (Å²) in [5.74, 6) is -0.344. The highest BCUT2D eigenvalue weighted by atomic mass is 32.2. The largest absolute Gasteiger partial charge is 0.355 e. The van der Waals surface area contributed by atoms with E-state index in [0.29, 0.717) is 25.9 Å². The number of hydrogen-bond acceptors (Lipinski definition) is 4. The van der Waals surface area contributed by atoms with Crippen molar-refractivity contribution in [1.29, 1.82) is 0 Å². The van der Waals surface area contributed by atoms with Crippen molar-refractivity contribution in [2.75, 3.05) is 20.1 Å². The molecule has 33 heavy (non-hydrogen) atoms. The molecule has 0 radical (unpaired) electrons. The maximum absolute atomic E-state index is 13.2. The van der Waals surface area contributed by atoms with Gasteiger partial charge < -0.3 is 10.2 Å². The molecule has 0 saturated carbocycles. The van der Waals surface area contributed by atoms with Crippen LogP contribution >= 0.6 is 0 Å². The average molecular weight is 474 g/mol. The third-order valence-corrected chi connectivity index (χ3v) is 7.40. The van der Waals surface area contributed by atoms with Crippen LogP contribution in [0.3, 0.4) is 0 Å². The molecule has 0 heterocycles. The summed E-state index contributed by atoms with van der Waals surface area (Å²) in [7, 11) is -2.09. The molecule has 0 saturated heterocycles. The highest BCUT2D eigenvalue weighted by Gasteiger charge is 2.28. The van der Waals surface area contributed by atoms with Crippen molar-refractivity contribution in [2.24, 2.45) is 0 Å². The summed E-state index contributed by atoms with van der Waals surface area (Å²) in [5, 5.41) is 2.82. The van der Waals surface area contributed by atoms with Crippen molar-refractivity contribution in [3.8, 4) is 0 Å². The van der Waals surface area contributed by atoms with Crippen LogP contribution in [0.5, 0.6) is 0 Å². The van der Waals surface area contributed by atoms with Crippen LogP contribution in [0.25, 0.3) is 0 Å². The lowest BCUT2D eigenvalue weighted by Gasteiger charge is -2.31. The molecule has 1 N–H and O–H groups in total. The summed E-state index contributed by atoms with van der Waals surface area (Å²) in [6, 6.07) is 15.5. The molecule has 0 aliphatic heterocycles. The monoisotopic (exact) mass is 473 g/mol. The average Bonchev–Trinajstić information content (AvgIpc) is 2.80. The fourth-order valence-corrected chi connectivity index (χ4v) is 4.82. The first-order valence-corrected chi connectivity index (χ1v) is 12.8. The summed E-state index contributed by atoms with van der Waals surface area (Å²) >= 11 is 0. The third kappa shape index (κ3) is 7.40. The minimum absolute atomic E-state index is 0.149. The van der Waals surface area contributed by atoms with Gasteiger partial charge in [-0.15, -0.1) is 0 Å². The van der Waals surface area contributed by atoms with Gasteiger partial charge in [-0.1, -0.05) is 55.0 Å². The van der Waals surface area contributed by atoms with Gasteiger partial charge in [-0.25, -0.2) is 12.7 Å². The molecule has 2 aromatic rings. The standard InChI is InChI=1S/C25H35N3O4S/c1-5-23(25(30)26-6-2)28(19-21-16-14-20(3)15-17-21)24(29)13-10-18-27(4)33(31,32)22-11-8-7-9-12-22/h7-9,11-12,14-17,23H,5-6,10,13,18-19H2,1-4H3,(H,26,30). The van der Waals surface area contributed by atoms with Crippen LogP contribution in [-0.2, 0) is 26.2 Å². The maximum atomic E-state index is 13.2. The van der Waals surface area contributed by atoms with Gasteiger partial charge in [0.15, 0.2) is 0 Å². The Morgan fingerprint density at radius 1 is 1.00 bits per heavy atom. The lowest BCUT2D eigenvalue weighted by molar-refractivity contribution is -0.141. The summed E-state index contributed by atoms with van der Waals surface area (Å²) in [5.41, 5.74) is 2.07. The van der Waals surface area contributed by atoms with Gasteiger partial charge in [0.1, 0.15) is 6.04 Å². The first kappa shape index (κ1) is 26.5. The molecule has 2 aromatic carbocycles. The Kier molecular flexibility index (Phi) is 10.1. The molecule has 1 atom stereocenters. The lowest BCUT2D eigenvalue weighted by Crippen LogP contribution is -2.49. The van der Waals surface area contributed by atoms with Gasteiger partial charge in [-0.2, -0.15) is 0 Å². The molecule has 0 fully saturated rings. The van der Waals surface area contributed by atoms with Gasteiger partial charge in [-0.3, -0.25) is 9.59 Å². The summed E-state index contributed by atoms with van der Waals surface area (Å²) in [6.07, 6.45) is 1.000. The Morgan fingerprint density at radius 2 is 1.64 bits per heavy atom. The number of benzene rings is 2.